The molecule has 2 aliphatic carbocycles. The molecule has 0 amide bonds. The van der Waals surface area contributed by atoms with Crippen molar-refractivity contribution in [3.8, 4) is 22.3 Å². The van der Waals surface area contributed by atoms with Crippen LogP contribution in [0.1, 0.15) is 103 Å². The van der Waals surface area contributed by atoms with Gasteiger partial charge in [-0.25, -0.2) is 0 Å². The van der Waals surface area contributed by atoms with Gasteiger partial charge in [0.2, 0.25) is 0 Å². The van der Waals surface area contributed by atoms with Crippen LogP contribution in [0.3, 0.4) is 0 Å². The van der Waals surface area contributed by atoms with E-state index in [0.717, 1.165) is 12.8 Å². The van der Waals surface area contributed by atoms with Gasteiger partial charge >= 0.3 is 0 Å². The van der Waals surface area contributed by atoms with Gasteiger partial charge in [0.25, 0.3) is 0 Å². The largest absolute Gasteiger partial charge is 0.0642 e. The number of fused-ring (bicyclic) bond motifs is 2. The highest BCUT2D eigenvalue weighted by Crippen LogP contribution is 2.57. The predicted octanol–water partition coefficient (Wildman–Crippen LogP) is 12.0. The molecule has 4 aromatic rings. The van der Waals surface area contributed by atoms with Crippen LogP contribution >= 0.6 is 0 Å². The topological polar surface area (TPSA) is 0 Å². The molecular formula is C43H48. The van der Waals surface area contributed by atoms with Crippen molar-refractivity contribution in [3.05, 3.63) is 129 Å². The van der Waals surface area contributed by atoms with Gasteiger partial charge in [0, 0.05) is 5.41 Å². The molecule has 220 valence electrons. The van der Waals surface area contributed by atoms with Crippen molar-refractivity contribution in [2.75, 3.05) is 0 Å². The average molecular weight is 565 g/mol. The van der Waals surface area contributed by atoms with Crippen LogP contribution in [0.15, 0.2) is 96.1 Å². The predicted molar refractivity (Wildman–Crippen MR) is 188 cm³/mol. The van der Waals surface area contributed by atoms with Crippen molar-refractivity contribution < 1.29 is 0 Å². The van der Waals surface area contributed by atoms with E-state index in [9.17, 15) is 0 Å². The molecule has 4 aromatic carbocycles. The fraction of sp³-hybridized carbons (Fsp3) is 0.349. The Labute approximate surface area is 260 Å². The zero-order valence-corrected chi connectivity index (χ0v) is 28.0. The van der Waals surface area contributed by atoms with Gasteiger partial charge in [-0.15, -0.1) is 0 Å². The molecule has 0 N–H and O–H groups in total. The summed E-state index contributed by atoms with van der Waals surface area (Å²) in [7, 11) is 0. The molecule has 43 heavy (non-hydrogen) atoms. The Morgan fingerprint density at radius 1 is 0.442 bits per heavy atom. The number of hydrogen-bond donors (Lipinski definition) is 0. The Morgan fingerprint density at radius 2 is 0.791 bits per heavy atom. The molecule has 0 unspecified atom stereocenters. The molecule has 2 aliphatic rings. The summed E-state index contributed by atoms with van der Waals surface area (Å²) in [6.07, 6.45) is 2.05. The van der Waals surface area contributed by atoms with E-state index >= 15 is 0 Å². The summed E-state index contributed by atoms with van der Waals surface area (Å²) >= 11 is 0. The number of allylic oxidation sites excluding steroid dienone is 4. The SMILES string of the molecule is CC1=C(C(C)(C)C2=C(C)Cc3cccc(-c4ccc(C(C)(C)C)cc4)c32)c2c(cccc2-c2ccc(C(C)(C)C)cc2)C1. The highest BCUT2D eigenvalue weighted by molar-refractivity contribution is 6.00. The van der Waals surface area contributed by atoms with Gasteiger partial charge in [-0.2, -0.15) is 0 Å². The fourth-order valence-corrected chi connectivity index (χ4v) is 7.86. The Bertz CT molecular complexity index is 1640. The lowest BCUT2D eigenvalue weighted by molar-refractivity contribution is 0.590. The second-order valence-corrected chi connectivity index (χ2v) is 15.6. The summed E-state index contributed by atoms with van der Waals surface area (Å²) in [5.74, 6) is 0. The summed E-state index contributed by atoms with van der Waals surface area (Å²) in [6, 6.07) is 32.5. The third kappa shape index (κ3) is 5.04. The molecule has 0 spiro atoms. The average Bonchev–Trinajstić information content (AvgIpc) is 3.48. The molecule has 0 saturated heterocycles. The van der Waals surface area contributed by atoms with Crippen molar-refractivity contribution >= 4 is 11.1 Å². The zero-order valence-electron chi connectivity index (χ0n) is 28.0. The first-order chi connectivity index (χ1) is 20.2. The van der Waals surface area contributed by atoms with E-state index in [1.807, 2.05) is 0 Å². The van der Waals surface area contributed by atoms with E-state index in [0.29, 0.717) is 0 Å². The molecule has 0 aliphatic heterocycles. The highest BCUT2D eigenvalue weighted by Gasteiger charge is 2.40. The molecule has 0 heteroatoms. The van der Waals surface area contributed by atoms with Gasteiger partial charge in [-0.1, -0.05) is 151 Å². The Balaban J connectivity index is 1.48. The smallest absolute Gasteiger partial charge is 0.0158 e. The van der Waals surface area contributed by atoms with Crippen LogP contribution in [0.4, 0.5) is 0 Å². The lowest BCUT2D eigenvalue weighted by Gasteiger charge is -2.34. The minimum atomic E-state index is -0.145. The van der Waals surface area contributed by atoms with Crippen LogP contribution < -0.4 is 0 Å². The summed E-state index contributed by atoms with van der Waals surface area (Å²) < 4.78 is 0. The maximum atomic E-state index is 2.48. The maximum Gasteiger partial charge on any atom is 0.0158 e. The summed E-state index contributed by atoms with van der Waals surface area (Å²) in [5.41, 5.74) is 20.1. The fourth-order valence-electron chi connectivity index (χ4n) is 7.86. The van der Waals surface area contributed by atoms with Crippen molar-refractivity contribution in [1.29, 1.82) is 0 Å². The van der Waals surface area contributed by atoms with Crippen LogP contribution in [0, 0.1) is 5.41 Å². The van der Waals surface area contributed by atoms with Crippen molar-refractivity contribution in [1.82, 2.24) is 0 Å². The van der Waals surface area contributed by atoms with Crippen molar-refractivity contribution in [2.45, 2.75) is 92.9 Å². The molecule has 0 heterocycles. The normalized spacial score (nSPS) is 15.3. The quantitative estimate of drug-likeness (QED) is 0.231. The number of rotatable bonds is 4. The van der Waals surface area contributed by atoms with Gasteiger partial charge in [0.15, 0.2) is 0 Å². The Kier molecular flexibility index (Phi) is 7.00. The maximum absolute atomic E-state index is 2.48. The minimum Gasteiger partial charge on any atom is -0.0642 e. The van der Waals surface area contributed by atoms with Crippen LogP contribution in [-0.4, -0.2) is 0 Å². The molecule has 0 saturated carbocycles. The molecule has 0 aromatic heterocycles. The van der Waals surface area contributed by atoms with Crippen molar-refractivity contribution in [2.24, 2.45) is 5.41 Å². The Morgan fingerprint density at radius 3 is 1.12 bits per heavy atom. The second kappa shape index (κ2) is 10.2. The standard InChI is InChI=1S/C43H48/c1-27-25-31-13-11-15-35(29-17-21-33(22-18-29)41(3,4)5)37(31)39(27)43(9,10)40-28(2)26-32-14-12-16-36(38(32)40)30-19-23-34(24-20-30)42(6,7)8/h11-24H,25-26H2,1-10H3. The van der Waals surface area contributed by atoms with Gasteiger partial charge in [-0.3, -0.25) is 0 Å². The van der Waals surface area contributed by atoms with E-state index < -0.39 is 0 Å². The van der Waals surface area contributed by atoms with Crippen molar-refractivity contribution in [3.63, 3.8) is 0 Å². The summed E-state index contributed by atoms with van der Waals surface area (Å²) in [4.78, 5) is 0. The third-order valence-electron chi connectivity index (χ3n) is 9.94. The van der Waals surface area contributed by atoms with E-state index in [2.05, 4.69) is 154 Å². The summed E-state index contributed by atoms with van der Waals surface area (Å²) in [6.45, 7) is 23.4. The minimum absolute atomic E-state index is 0.144. The van der Waals surface area contributed by atoms with E-state index in [4.69, 9.17) is 0 Å². The molecule has 0 nitrogen and oxygen atoms in total. The van der Waals surface area contributed by atoms with Crippen LogP contribution in [0.2, 0.25) is 0 Å². The first-order valence-electron chi connectivity index (χ1n) is 16.0. The van der Waals surface area contributed by atoms with Gasteiger partial charge in [0.05, 0.1) is 0 Å². The van der Waals surface area contributed by atoms with Gasteiger partial charge < -0.3 is 0 Å². The van der Waals surface area contributed by atoms with Crippen LogP contribution in [-0.2, 0) is 23.7 Å². The summed E-state index contributed by atoms with van der Waals surface area (Å²) in [5, 5.41) is 0. The van der Waals surface area contributed by atoms with E-state index in [1.54, 1.807) is 0 Å². The lowest BCUT2D eigenvalue weighted by Crippen LogP contribution is -2.18. The number of benzene rings is 4. The second-order valence-electron chi connectivity index (χ2n) is 15.6. The molecule has 0 fully saturated rings. The van der Waals surface area contributed by atoms with Gasteiger partial charge in [-0.05, 0) is 104 Å². The first-order valence-corrected chi connectivity index (χ1v) is 16.0. The van der Waals surface area contributed by atoms with Crippen LogP contribution in [0.25, 0.3) is 33.4 Å². The first kappa shape index (κ1) is 29.4. The molecule has 6 rings (SSSR count). The monoisotopic (exact) mass is 564 g/mol. The van der Waals surface area contributed by atoms with E-state index in [1.165, 1.54) is 77.9 Å². The number of hydrogen-bond acceptors (Lipinski definition) is 0. The third-order valence-corrected chi connectivity index (χ3v) is 9.94. The highest BCUT2D eigenvalue weighted by atomic mass is 14.4. The molecular weight excluding hydrogens is 516 g/mol. The molecule has 0 bridgehead atoms. The Hall–Kier alpha value is -3.64. The molecule has 0 atom stereocenters. The van der Waals surface area contributed by atoms with Gasteiger partial charge in [0.1, 0.15) is 0 Å². The van der Waals surface area contributed by atoms with E-state index in [-0.39, 0.29) is 16.2 Å². The van der Waals surface area contributed by atoms with Crippen LogP contribution in [0.5, 0.6) is 0 Å². The molecule has 0 radical (unpaired) electrons. The zero-order chi connectivity index (χ0) is 30.9. The lowest BCUT2D eigenvalue weighted by atomic mass is 9.69.